The van der Waals surface area contributed by atoms with Gasteiger partial charge in [0.1, 0.15) is 0 Å². The second kappa shape index (κ2) is 4.53. The first-order valence-corrected chi connectivity index (χ1v) is 7.48. The highest BCUT2D eigenvalue weighted by molar-refractivity contribution is 8.00. The lowest BCUT2D eigenvalue weighted by Gasteiger charge is -2.38. The molecule has 0 amide bonds. The number of thiophene rings is 1. The van der Waals surface area contributed by atoms with E-state index in [0.29, 0.717) is 10.6 Å². The van der Waals surface area contributed by atoms with Crippen molar-refractivity contribution in [3.8, 4) is 0 Å². The van der Waals surface area contributed by atoms with Crippen LogP contribution in [0.3, 0.4) is 0 Å². The number of thioether (sulfide) groups is 1. The van der Waals surface area contributed by atoms with Gasteiger partial charge >= 0.3 is 0 Å². The summed E-state index contributed by atoms with van der Waals surface area (Å²) in [6, 6.07) is 1.94. The quantitative estimate of drug-likeness (QED) is 0.839. The van der Waals surface area contributed by atoms with Crippen LogP contribution >= 0.6 is 23.1 Å². The van der Waals surface area contributed by atoms with Crippen LogP contribution in [0.25, 0.3) is 0 Å². The molecule has 17 heavy (non-hydrogen) atoms. The number of hydrogen-bond donors (Lipinski definition) is 1. The zero-order valence-electron chi connectivity index (χ0n) is 10.4. The second-order valence-electron chi connectivity index (χ2n) is 4.95. The standard InChI is InChI=1S/C12H18N2OS2/c1-8(15)11-9(13)6-10(17-11)14-4-5-16-12(2,3)7-14/h6H,4-5,7,13H2,1-3H3. The number of anilines is 2. The minimum absolute atomic E-state index is 0.0596. The van der Waals surface area contributed by atoms with Crippen molar-refractivity contribution in [3.05, 3.63) is 10.9 Å². The summed E-state index contributed by atoms with van der Waals surface area (Å²) in [6.07, 6.45) is 0. The highest BCUT2D eigenvalue weighted by atomic mass is 32.2. The van der Waals surface area contributed by atoms with Gasteiger partial charge in [0, 0.05) is 30.5 Å². The van der Waals surface area contributed by atoms with Crippen LogP contribution in [0.15, 0.2) is 6.07 Å². The monoisotopic (exact) mass is 270 g/mol. The summed E-state index contributed by atoms with van der Waals surface area (Å²) in [5.41, 5.74) is 6.49. The van der Waals surface area contributed by atoms with Gasteiger partial charge in [-0.15, -0.1) is 11.3 Å². The van der Waals surface area contributed by atoms with Crippen molar-refractivity contribution in [2.24, 2.45) is 0 Å². The van der Waals surface area contributed by atoms with Gasteiger partial charge in [0.2, 0.25) is 0 Å². The van der Waals surface area contributed by atoms with Crippen LogP contribution in [-0.2, 0) is 0 Å². The van der Waals surface area contributed by atoms with E-state index < -0.39 is 0 Å². The molecule has 0 radical (unpaired) electrons. The zero-order chi connectivity index (χ0) is 12.6. The van der Waals surface area contributed by atoms with Gasteiger partial charge < -0.3 is 10.6 Å². The van der Waals surface area contributed by atoms with Gasteiger partial charge in [0.25, 0.3) is 0 Å². The lowest BCUT2D eigenvalue weighted by Crippen LogP contribution is -2.42. The third kappa shape index (κ3) is 2.77. The van der Waals surface area contributed by atoms with E-state index in [2.05, 4.69) is 18.7 Å². The predicted molar refractivity (Wildman–Crippen MR) is 77.5 cm³/mol. The molecule has 0 bridgehead atoms. The van der Waals surface area contributed by atoms with Gasteiger partial charge in [0.15, 0.2) is 5.78 Å². The third-order valence-electron chi connectivity index (χ3n) is 2.80. The normalized spacial score (nSPS) is 19.4. The molecule has 2 heterocycles. The van der Waals surface area contributed by atoms with Gasteiger partial charge in [-0.25, -0.2) is 0 Å². The molecule has 94 valence electrons. The van der Waals surface area contributed by atoms with E-state index in [1.54, 1.807) is 6.92 Å². The molecular weight excluding hydrogens is 252 g/mol. The van der Waals surface area contributed by atoms with Crippen molar-refractivity contribution in [3.63, 3.8) is 0 Å². The molecule has 3 nitrogen and oxygen atoms in total. The molecule has 1 aliphatic heterocycles. The number of hydrogen-bond acceptors (Lipinski definition) is 5. The van der Waals surface area contributed by atoms with Crippen LogP contribution in [0.2, 0.25) is 0 Å². The van der Waals surface area contributed by atoms with Gasteiger partial charge in [-0.1, -0.05) is 0 Å². The number of carbonyl (C=O) groups excluding carboxylic acids is 1. The summed E-state index contributed by atoms with van der Waals surface area (Å²) in [5, 5.41) is 1.13. The lowest BCUT2D eigenvalue weighted by atomic mass is 10.2. The van der Waals surface area contributed by atoms with Crippen molar-refractivity contribution in [1.82, 2.24) is 0 Å². The Labute approximate surface area is 110 Å². The largest absolute Gasteiger partial charge is 0.397 e. The van der Waals surface area contributed by atoms with Gasteiger partial charge in [0.05, 0.1) is 15.6 Å². The number of nitrogens with two attached hydrogens (primary N) is 1. The van der Waals surface area contributed by atoms with E-state index in [-0.39, 0.29) is 10.5 Å². The summed E-state index contributed by atoms with van der Waals surface area (Å²) in [7, 11) is 0. The van der Waals surface area contributed by atoms with Gasteiger partial charge in [-0.2, -0.15) is 11.8 Å². The molecule has 0 atom stereocenters. The van der Waals surface area contributed by atoms with Gasteiger partial charge in [-0.05, 0) is 19.9 Å². The molecule has 5 heteroatoms. The van der Waals surface area contributed by atoms with Crippen molar-refractivity contribution < 1.29 is 4.79 Å². The van der Waals surface area contributed by atoms with Crippen molar-refractivity contribution >= 4 is 39.6 Å². The number of carbonyl (C=O) groups is 1. The first-order valence-electron chi connectivity index (χ1n) is 5.68. The Morgan fingerprint density at radius 1 is 1.53 bits per heavy atom. The zero-order valence-corrected chi connectivity index (χ0v) is 12.1. The van der Waals surface area contributed by atoms with E-state index >= 15 is 0 Å². The highest BCUT2D eigenvalue weighted by Crippen LogP contribution is 2.37. The van der Waals surface area contributed by atoms with Crippen LogP contribution in [0, 0.1) is 0 Å². The Morgan fingerprint density at radius 2 is 2.24 bits per heavy atom. The van der Waals surface area contributed by atoms with Crippen molar-refractivity contribution in [1.29, 1.82) is 0 Å². The number of nitrogen functional groups attached to an aromatic ring is 1. The highest BCUT2D eigenvalue weighted by Gasteiger charge is 2.28. The molecular formula is C12H18N2OS2. The van der Waals surface area contributed by atoms with E-state index in [1.807, 2.05) is 17.8 Å². The molecule has 1 aromatic heterocycles. The summed E-state index contributed by atoms with van der Waals surface area (Å²) in [6.45, 7) is 8.13. The van der Waals surface area contributed by atoms with Crippen LogP contribution in [0.1, 0.15) is 30.4 Å². The average molecular weight is 270 g/mol. The summed E-state index contributed by atoms with van der Waals surface area (Å²) in [5.74, 6) is 1.18. The minimum atomic E-state index is 0.0596. The number of rotatable bonds is 2. The fourth-order valence-electron chi connectivity index (χ4n) is 2.03. The number of ketones is 1. The van der Waals surface area contributed by atoms with Crippen LogP contribution < -0.4 is 10.6 Å². The Bertz CT molecular complexity index is 440. The fourth-order valence-corrected chi connectivity index (χ4v) is 4.14. The molecule has 0 unspecified atom stereocenters. The van der Waals surface area contributed by atoms with Crippen LogP contribution in [0.5, 0.6) is 0 Å². The first-order chi connectivity index (χ1) is 7.89. The first kappa shape index (κ1) is 12.8. The molecule has 2 rings (SSSR count). The van der Waals surface area contributed by atoms with Crippen LogP contribution in [0.4, 0.5) is 10.7 Å². The maximum absolute atomic E-state index is 11.4. The summed E-state index contributed by atoms with van der Waals surface area (Å²) in [4.78, 5) is 14.4. The minimum Gasteiger partial charge on any atom is -0.397 e. The van der Waals surface area contributed by atoms with E-state index in [1.165, 1.54) is 11.3 Å². The predicted octanol–water partition coefficient (Wildman–Crippen LogP) is 2.86. The average Bonchev–Trinajstić information content (AvgIpc) is 2.59. The Kier molecular flexibility index (Phi) is 3.41. The number of nitrogens with zero attached hydrogens (tertiary/aromatic N) is 1. The fraction of sp³-hybridized carbons (Fsp3) is 0.583. The molecule has 1 saturated heterocycles. The summed E-state index contributed by atoms with van der Waals surface area (Å²) < 4.78 is 0.271. The maximum atomic E-state index is 11.4. The van der Waals surface area contributed by atoms with Crippen LogP contribution in [-0.4, -0.2) is 29.4 Å². The molecule has 2 N–H and O–H groups in total. The third-order valence-corrected chi connectivity index (χ3v) is 5.41. The molecule has 0 aromatic carbocycles. The second-order valence-corrected chi connectivity index (χ2v) is 7.79. The van der Waals surface area contributed by atoms with Crippen molar-refractivity contribution in [2.75, 3.05) is 29.5 Å². The maximum Gasteiger partial charge on any atom is 0.171 e. The van der Waals surface area contributed by atoms with Crippen molar-refractivity contribution in [2.45, 2.75) is 25.5 Å². The van der Waals surface area contributed by atoms with Gasteiger partial charge in [-0.3, -0.25) is 4.79 Å². The summed E-state index contributed by atoms with van der Waals surface area (Å²) >= 11 is 3.52. The lowest BCUT2D eigenvalue weighted by molar-refractivity contribution is 0.102. The SMILES string of the molecule is CC(=O)c1sc(N2CCSC(C)(C)C2)cc1N. The Morgan fingerprint density at radius 3 is 2.76 bits per heavy atom. The topological polar surface area (TPSA) is 46.3 Å². The van der Waals surface area contributed by atoms with E-state index in [9.17, 15) is 4.79 Å². The molecule has 0 aliphatic carbocycles. The molecule has 0 saturated carbocycles. The van der Waals surface area contributed by atoms with E-state index in [0.717, 1.165) is 23.8 Å². The molecule has 1 aromatic rings. The molecule has 1 aliphatic rings. The molecule has 1 fully saturated rings. The smallest absolute Gasteiger partial charge is 0.171 e. The number of Topliss-reactive ketones (excluding diaryl/α,β-unsaturated/α-hetero) is 1. The molecule has 0 spiro atoms. The van der Waals surface area contributed by atoms with E-state index in [4.69, 9.17) is 5.73 Å². The Balaban J connectivity index is 2.22. The Hall–Kier alpha value is -0.680.